The highest BCUT2D eigenvalue weighted by molar-refractivity contribution is 5.76. The molecule has 2 aliphatic carbocycles. The molecule has 30 heavy (non-hydrogen) atoms. The molecule has 5 atom stereocenters. The van der Waals surface area contributed by atoms with Crippen molar-refractivity contribution in [3.8, 4) is 0 Å². The van der Waals surface area contributed by atoms with Gasteiger partial charge in [-0.2, -0.15) is 0 Å². The highest BCUT2D eigenvalue weighted by Gasteiger charge is 2.52. The number of ether oxygens (including phenoxy) is 1. The predicted molar refractivity (Wildman–Crippen MR) is 116 cm³/mol. The number of esters is 1. The molecule has 0 bridgehead atoms. The normalized spacial score (nSPS) is 36.7. The van der Waals surface area contributed by atoms with Crippen molar-refractivity contribution in [1.82, 2.24) is 4.90 Å². The van der Waals surface area contributed by atoms with E-state index in [9.17, 15) is 9.18 Å². The van der Waals surface area contributed by atoms with Gasteiger partial charge in [0.25, 0.3) is 0 Å². The largest absolute Gasteiger partial charge is 0.461 e. The molecule has 2 saturated heterocycles. The minimum absolute atomic E-state index is 0.00212. The molecule has 4 nitrogen and oxygen atoms in total. The zero-order valence-electron chi connectivity index (χ0n) is 18.1. The molecule has 2 aliphatic heterocycles. The van der Waals surface area contributed by atoms with Gasteiger partial charge in [-0.25, -0.2) is 4.39 Å². The third-order valence-electron chi connectivity index (χ3n) is 8.10. The number of carbonyl (C=O) groups excluding carboxylic acids is 1. The van der Waals surface area contributed by atoms with Crippen molar-refractivity contribution in [2.45, 2.75) is 45.6 Å². The smallest absolute Gasteiger partial charge is 0.311 e. The summed E-state index contributed by atoms with van der Waals surface area (Å²) in [6.07, 6.45) is 7.27. The Labute approximate surface area is 179 Å². The molecule has 1 saturated carbocycles. The Morgan fingerprint density at radius 2 is 1.90 bits per heavy atom. The van der Waals surface area contributed by atoms with Crippen molar-refractivity contribution in [3.63, 3.8) is 0 Å². The first kappa shape index (κ1) is 20.0. The van der Waals surface area contributed by atoms with Crippen LogP contribution < -0.4 is 4.90 Å². The van der Waals surface area contributed by atoms with Gasteiger partial charge >= 0.3 is 5.97 Å². The summed E-state index contributed by atoms with van der Waals surface area (Å²) in [7, 11) is 0. The first-order chi connectivity index (χ1) is 14.4. The monoisotopic (exact) mass is 412 g/mol. The summed E-state index contributed by atoms with van der Waals surface area (Å²) in [6, 6.07) is 6.74. The van der Waals surface area contributed by atoms with Crippen LogP contribution in [0.5, 0.6) is 0 Å². The van der Waals surface area contributed by atoms with Gasteiger partial charge in [-0.05, 0) is 54.9 Å². The number of hydrogen-bond donors (Lipinski definition) is 0. The average Bonchev–Trinajstić information content (AvgIpc) is 3.01. The molecule has 1 aromatic carbocycles. The van der Waals surface area contributed by atoms with E-state index in [1.807, 2.05) is 12.1 Å². The zero-order valence-corrected chi connectivity index (χ0v) is 18.1. The summed E-state index contributed by atoms with van der Waals surface area (Å²) >= 11 is 0. The number of piperazine rings is 1. The van der Waals surface area contributed by atoms with E-state index in [1.165, 1.54) is 31.4 Å². The number of benzene rings is 1. The minimum atomic E-state index is -0.198. The lowest BCUT2D eigenvalue weighted by atomic mass is 9.59. The van der Waals surface area contributed by atoms with Crippen LogP contribution in [-0.4, -0.2) is 49.7 Å². The van der Waals surface area contributed by atoms with E-state index in [1.54, 1.807) is 5.57 Å². The highest BCUT2D eigenvalue weighted by atomic mass is 19.1. The minimum Gasteiger partial charge on any atom is -0.461 e. The second kappa shape index (κ2) is 7.67. The van der Waals surface area contributed by atoms with Gasteiger partial charge in [0.1, 0.15) is 11.9 Å². The van der Waals surface area contributed by atoms with Crippen molar-refractivity contribution >= 4 is 11.7 Å². The van der Waals surface area contributed by atoms with E-state index in [0.717, 1.165) is 44.8 Å². The molecule has 0 amide bonds. The Morgan fingerprint density at radius 3 is 2.63 bits per heavy atom. The Morgan fingerprint density at radius 1 is 1.17 bits per heavy atom. The third kappa shape index (κ3) is 3.55. The van der Waals surface area contributed by atoms with Gasteiger partial charge < -0.3 is 9.64 Å². The fraction of sp³-hybridized carbons (Fsp3) is 0.640. The number of rotatable bonds is 3. The van der Waals surface area contributed by atoms with E-state index >= 15 is 0 Å². The average molecular weight is 413 g/mol. The maximum Gasteiger partial charge on any atom is 0.311 e. The molecular formula is C25H33FN2O2. The Kier molecular flexibility index (Phi) is 5.12. The summed E-state index contributed by atoms with van der Waals surface area (Å²) in [5.74, 6) is 0.615. The van der Waals surface area contributed by atoms with Gasteiger partial charge in [-0.3, -0.25) is 9.69 Å². The molecule has 162 valence electrons. The van der Waals surface area contributed by atoms with E-state index in [-0.39, 0.29) is 35.1 Å². The number of fused-ring (bicyclic) bond motifs is 2. The van der Waals surface area contributed by atoms with Gasteiger partial charge in [0.2, 0.25) is 0 Å². The maximum absolute atomic E-state index is 13.2. The van der Waals surface area contributed by atoms with Gasteiger partial charge in [-0.15, -0.1) is 0 Å². The Balaban J connectivity index is 1.25. The van der Waals surface area contributed by atoms with Crippen molar-refractivity contribution in [1.29, 1.82) is 0 Å². The number of halogens is 1. The van der Waals surface area contributed by atoms with Crippen LogP contribution in [0, 0.1) is 29.0 Å². The van der Waals surface area contributed by atoms with Crippen LogP contribution in [0.25, 0.3) is 0 Å². The molecule has 5 unspecified atom stereocenters. The Bertz CT molecular complexity index is 830. The molecule has 0 N–H and O–H groups in total. The molecule has 4 aliphatic rings. The molecule has 0 spiro atoms. The maximum atomic E-state index is 13.2. The van der Waals surface area contributed by atoms with Crippen LogP contribution in [0.2, 0.25) is 0 Å². The number of allylic oxidation sites excluding steroid dienone is 1. The first-order valence-corrected chi connectivity index (χ1v) is 11.6. The fourth-order valence-electron chi connectivity index (χ4n) is 6.38. The van der Waals surface area contributed by atoms with Crippen molar-refractivity contribution in [2.75, 3.05) is 37.6 Å². The van der Waals surface area contributed by atoms with Crippen molar-refractivity contribution in [2.24, 2.45) is 23.2 Å². The van der Waals surface area contributed by atoms with Gasteiger partial charge in [0.05, 0.1) is 5.92 Å². The molecule has 0 radical (unpaired) electrons. The lowest BCUT2D eigenvalue weighted by molar-refractivity contribution is -0.145. The fourth-order valence-corrected chi connectivity index (χ4v) is 6.38. The van der Waals surface area contributed by atoms with E-state index in [2.05, 4.69) is 29.7 Å². The van der Waals surface area contributed by atoms with Gasteiger partial charge in [-0.1, -0.05) is 31.9 Å². The molecule has 1 aromatic rings. The van der Waals surface area contributed by atoms with Crippen LogP contribution in [0.4, 0.5) is 10.1 Å². The summed E-state index contributed by atoms with van der Waals surface area (Å²) in [4.78, 5) is 17.5. The van der Waals surface area contributed by atoms with Gasteiger partial charge in [0, 0.05) is 44.3 Å². The summed E-state index contributed by atoms with van der Waals surface area (Å²) in [5.41, 5.74) is 2.87. The van der Waals surface area contributed by atoms with Crippen LogP contribution in [0.15, 0.2) is 35.9 Å². The van der Waals surface area contributed by atoms with Crippen LogP contribution >= 0.6 is 0 Å². The number of hydrogen-bond acceptors (Lipinski definition) is 4. The van der Waals surface area contributed by atoms with Crippen LogP contribution in [0.3, 0.4) is 0 Å². The van der Waals surface area contributed by atoms with E-state index in [4.69, 9.17) is 4.74 Å². The second-order valence-corrected chi connectivity index (χ2v) is 10.1. The summed E-state index contributed by atoms with van der Waals surface area (Å²) < 4.78 is 19.1. The standard InChI is InChI=1S/C25H33FN2O2/c1-17-4-3-9-25(2)15-23-20(14-22(17)25)21(24(29)30-23)16-27-10-12-28(13-11-27)19-7-5-18(26)6-8-19/h5-8,14,17,20-21,23H,3-4,9-13,15-16H2,1-2H3. The van der Waals surface area contributed by atoms with Crippen molar-refractivity contribution < 1.29 is 13.9 Å². The number of carbonyl (C=O) groups is 1. The van der Waals surface area contributed by atoms with Crippen LogP contribution in [0.1, 0.15) is 39.5 Å². The topological polar surface area (TPSA) is 32.8 Å². The Hall–Kier alpha value is -1.88. The third-order valence-corrected chi connectivity index (χ3v) is 8.10. The lowest BCUT2D eigenvalue weighted by Gasteiger charge is -2.46. The van der Waals surface area contributed by atoms with Crippen LogP contribution in [-0.2, 0) is 9.53 Å². The molecule has 3 fully saturated rings. The number of anilines is 1. The molecular weight excluding hydrogens is 379 g/mol. The molecule has 0 aromatic heterocycles. The zero-order chi connectivity index (χ0) is 20.9. The predicted octanol–water partition coefficient (Wildman–Crippen LogP) is 4.26. The summed E-state index contributed by atoms with van der Waals surface area (Å²) in [6.45, 7) is 9.15. The first-order valence-electron chi connectivity index (χ1n) is 11.6. The van der Waals surface area contributed by atoms with Gasteiger partial charge in [0.15, 0.2) is 0 Å². The number of nitrogens with zero attached hydrogens (tertiary/aromatic N) is 2. The second-order valence-electron chi connectivity index (χ2n) is 10.1. The highest BCUT2D eigenvalue weighted by Crippen LogP contribution is 2.54. The molecule has 2 heterocycles. The summed E-state index contributed by atoms with van der Waals surface area (Å²) in [5, 5.41) is 0. The van der Waals surface area contributed by atoms with E-state index in [0.29, 0.717) is 5.92 Å². The molecule has 5 rings (SSSR count). The van der Waals surface area contributed by atoms with E-state index < -0.39 is 0 Å². The lowest BCUT2D eigenvalue weighted by Crippen LogP contribution is -2.49. The molecule has 5 heteroatoms. The SMILES string of the molecule is CC1CCCC2(C)CC3OC(=O)C(CN4CCN(c5ccc(F)cc5)CC4)C3C=C12. The quantitative estimate of drug-likeness (QED) is 0.549. The van der Waals surface area contributed by atoms with Crippen molar-refractivity contribution in [3.05, 3.63) is 41.7 Å².